The summed E-state index contributed by atoms with van der Waals surface area (Å²) < 4.78 is 2.07. The molecule has 7 nitrogen and oxygen atoms in total. The topological polar surface area (TPSA) is 98.9 Å². The molecule has 1 aliphatic heterocycles. The zero-order chi connectivity index (χ0) is 26.5. The molecule has 8 heteroatoms. The number of nitrogen functional groups attached to an aromatic ring is 1. The quantitative estimate of drug-likeness (QED) is 0.226. The predicted molar refractivity (Wildman–Crippen MR) is 161 cm³/mol. The van der Waals surface area contributed by atoms with Gasteiger partial charge in [0, 0.05) is 71.0 Å². The summed E-state index contributed by atoms with van der Waals surface area (Å²) in [6.45, 7) is 7.01. The van der Waals surface area contributed by atoms with Crippen molar-refractivity contribution in [3.63, 3.8) is 0 Å². The SMILES string of the molecule is CC.Nc1ncccc1-c1nc2ccc(-c3cc[c-]cc3)nc2n1-c1ccc(CN2CCC(N)CC2)cc1.[CH3-].[Nd]. The largest absolute Gasteiger partial charge is 0.383 e. The van der Waals surface area contributed by atoms with E-state index in [1.165, 1.54) is 5.56 Å². The van der Waals surface area contributed by atoms with Crippen molar-refractivity contribution in [2.75, 3.05) is 18.8 Å². The van der Waals surface area contributed by atoms with Crippen LogP contribution < -0.4 is 11.5 Å². The smallest absolute Gasteiger partial charge is 0.165 e. The van der Waals surface area contributed by atoms with Gasteiger partial charge in [-0.1, -0.05) is 26.0 Å². The summed E-state index contributed by atoms with van der Waals surface area (Å²) in [5, 5.41) is 0. The van der Waals surface area contributed by atoms with E-state index in [4.69, 9.17) is 21.4 Å². The maximum atomic E-state index is 6.28. The van der Waals surface area contributed by atoms with Gasteiger partial charge in [0.25, 0.3) is 0 Å². The molecule has 2 aromatic carbocycles. The van der Waals surface area contributed by atoms with Gasteiger partial charge in [-0.05, 0) is 67.9 Å². The van der Waals surface area contributed by atoms with Gasteiger partial charge in [-0.25, -0.2) is 15.0 Å². The van der Waals surface area contributed by atoms with E-state index in [9.17, 15) is 0 Å². The fourth-order valence-electron chi connectivity index (χ4n) is 4.83. The molecule has 0 bridgehead atoms. The minimum atomic E-state index is 0. The Labute approximate surface area is 270 Å². The van der Waals surface area contributed by atoms with Gasteiger partial charge in [-0.2, -0.15) is 30.3 Å². The van der Waals surface area contributed by atoms with Crippen LogP contribution in [0.15, 0.2) is 79.0 Å². The van der Waals surface area contributed by atoms with Crippen LogP contribution in [0, 0.1) is 54.3 Å². The van der Waals surface area contributed by atoms with Gasteiger partial charge in [-0.3, -0.25) is 9.47 Å². The molecule has 0 spiro atoms. The predicted octanol–water partition coefficient (Wildman–Crippen LogP) is 5.93. The molecule has 0 radical (unpaired) electrons. The number of fused-ring (bicyclic) bond motifs is 1. The van der Waals surface area contributed by atoms with Crippen molar-refractivity contribution in [3.05, 3.63) is 98.0 Å². The van der Waals surface area contributed by atoms with Crippen LogP contribution >= 0.6 is 0 Å². The Bertz CT molecular complexity index is 1490. The van der Waals surface area contributed by atoms with Crippen LogP contribution in [-0.2, 0) is 6.54 Å². The van der Waals surface area contributed by atoms with Crippen molar-refractivity contribution in [2.24, 2.45) is 5.73 Å². The Balaban J connectivity index is 0.00000108. The van der Waals surface area contributed by atoms with Crippen molar-refractivity contribution < 1.29 is 40.8 Å². The zero-order valence-electron chi connectivity index (χ0n) is 23.5. The third-order valence-corrected chi connectivity index (χ3v) is 6.83. The molecule has 40 heavy (non-hydrogen) atoms. The van der Waals surface area contributed by atoms with E-state index >= 15 is 0 Å². The van der Waals surface area contributed by atoms with Crippen molar-refractivity contribution in [1.29, 1.82) is 0 Å². The Morgan fingerprint density at radius 1 is 0.925 bits per heavy atom. The average molecular weight is 664 g/mol. The molecule has 1 saturated heterocycles. The van der Waals surface area contributed by atoms with E-state index < -0.39 is 0 Å². The number of nitrogens with two attached hydrogens (primary N) is 2. The minimum Gasteiger partial charge on any atom is -0.383 e. The number of aromatic nitrogens is 4. The van der Waals surface area contributed by atoms with Gasteiger partial charge in [0.05, 0.1) is 5.56 Å². The Morgan fingerprint density at radius 2 is 1.62 bits per heavy atom. The average Bonchev–Trinajstić information content (AvgIpc) is 3.35. The standard InChI is InChI=1S/C29H28N7.C2H6.CH3.Nd/c30-22-14-17-35(18-15-22)19-20-8-10-23(11-9-20)36-28(24-7-4-16-32-27(24)31)34-26-13-12-25(33-29(26)36)21-5-2-1-3-6-21;1-2;;/h2-13,16,22H,14-15,17-19,30H2,(H2,31,32);1-2H3;1H3;/q-1;;-1;. The van der Waals surface area contributed by atoms with E-state index in [-0.39, 0.29) is 48.3 Å². The molecule has 4 heterocycles. The van der Waals surface area contributed by atoms with E-state index in [0.29, 0.717) is 11.9 Å². The molecular formula is C32H37N7Nd-2. The third-order valence-electron chi connectivity index (χ3n) is 6.83. The van der Waals surface area contributed by atoms with Gasteiger partial charge in [0.2, 0.25) is 0 Å². The number of pyridine rings is 2. The zero-order valence-corrected chi connectivity index (χ0v) is 26.7. The summed E-state index contributed by atoms with van der Waals surface area (Å²) in [7, 11) is 0. The maximum absolute atomic E-state index is 6.28. The molecule has 4 N–H and O–H groups in total. The fourth-order valence-corrected chi connectivity index (χ4v) is 4.83. The van der Waals surface area contributed by atoms with Crippen LogP contribution in [0.25, 0.3) is 39.5 Å². The Kier molecular flexibility index (Phi) is 11.7. The first-order valence-electron chi connectivity index (χ1n) is 13.3. The van der Waals surface area contributed by atoms with Crippen LogP contribution in [0.2, 0.25) is 0 Å². The normalized spacial score (nSPS) is 13.6. The maximum Gasteiger partial charge on any atom is 0.165 e. The summed E-state index contributed by atoms with van der Waals surface area (Å²) in [5.41, 5.74) is 18.9. The van der Waals surface area contributed by atoms with E-state index in [1.807, 2.05) is 62.4 Å². The van der Waals surface area contributed by atoms with Crippen LogP contribution in [0.5, 0.6) is 0 Å². The summed E-state index contributed by atoms with van der Waals surface area (Å²) in [6, 6.07) is 27.7. The van der Waals surface area contributed by atoms with Gasteiger partial charge < -0.3 is 18.9 Å². The number of rotatable bonds is 5. The van der Waals surface area contributed by atoms with Crippen molar-refractivity contribution >= 4 is 17.0 Å². The number of benzene rings is 2. The number of nitrogens with zero attached hydrogens (tertiary/aromatic N) is 5. The first kappa shape index (κ1) is 31.8. The monoisotopic (exact) mass is 661 g/mol. The second-order valence-electron chi connectivity index (χ2n) is 9.31. The number of anilines is 1. The van der Waals surface area contributed by atoms with Crippen LogP contribution in [0.1, 0.15) is 32.3 Å². The number of piperidine rings is 1. The van der Waals surface area contributed by atoms with Crippen molar-refractivity contribution in [1.82, 2.24) is 24.4 Å². The Hall–Kier alpha value is -2.72. The molecule has 1 aliphatic rings. The second-order valence-corrected chi connectivity index (χ2v) is 9.31. The first-order valence-corrected chi connectivity index (χ1v) is 13.3. The van der Waals surface area contributed by atoms with Crippen LogP contribution in [-0.4, -0.2) is 43.6 Å². The Morgan fingerprint density at radius 3 is 2.30 bits per heavy atom. The molecule has 0 atom stereocenters. The summed E-state index contributed by atoms with van der Waals surface area (Å²) in [5.74, 6) is 1.16. The summed E-state index contributed by atoms with van der Waals surface area (Å²) >= 11 is 0. The van der Waals surface area contributed by atoms with Gasteiger partial charge in [0.15, 0.2) is 11.5 Å². The molecule has 1 fully saturated rings. The summed E-state index contributed by atoms with van der Waals surface area (Å²) in [6.07, 6.45) is 3.81. The third kappa shape index (κ3) is 6.94. The number of imidazole rings is 1. The molecule has 206 valence electrons. The van der Waals surface area contributed by atoms with Crippen molar-refractivity contribution in [3.8, 4) is 28.3 Å². The van der Waals surface area contributed by atoms with Gasteiger partial charge >= 0.3 is 0 Å². The first-order chi connectivity index (χ1) is 18.7. The van der Waals surface area contributed by atoms with Gasteiger partial charge in [0.1, 0.15) is 11.3 Å². The molecule has 0 unspecified atom stereocenters. The minimum absolute atomic E-state index is 0. The number of hydrogen-bond acceptors (Lipinski definition) is 6. The number of likely N-dealkylation sites (tertiary alicyclic amines) is 1. The van der Waals surface area contributed by atoms with E-state index in [1.54, 1.807) is 6.20 Å². The fraction of sp³-hybridized carbons (Fsp3) is 0.250. The van der Waals surface area contributed by atoms with E-state index in [0.717, 1.165) is 72.0 Å². The number of hydrogen-bond donors (Lipinski definition) is 2. The molecule has 5 aromatic rings. The molecule has 6 rings (SSSR count). The van der Waals surface area contributed by atoms with Gasteiger partial charge in [-0.15, -0.1) is 5.56 Å². The molecule has 0 saturated carbocycles. The molecular weight excluding hydrogens is 627 g/mol. The summed E-state index contributed by atoms with van der Waals surface area (Å²) in [4.78, 5) is 16.7. The molecule has 0 amide bonds. The van der Waals surface area contributed by atoms with E-state index in [2.05, 4.69) is 44.8 Å². The second kappa shape index (κ2) is 14.8. The van der Waals surface area contributed by atoms with Crippen LogP contribution in [0.4, 0.5) is 5.82 Å². The van der Waals surface area contributed by atoms with Crippen LogP contribution in [0.3, 0.4) is 0 Å². The van der Waals surface area contributed by atoms with Crippen molar-refractivity contribution in [2.45, 2.75) is 39.3 Å². The molecule has 0 aliphatic carbocycles. The molecule has 3 aromatic heterocycles.